The molecule has 1 amide bonds. The monoisotopic (exact) mass is 530 g/mol. The van der Waals surface area contributed by atoms with Gasteiger partial charge in [0.2, 0.25) is 0 Å². The Morgan fingerprint density at radius 3 is 2.36 bits per heavy atom. The summed E-state index contributed by atoms with van der Waals surface area (Å²) in [5, 5.41) is 12.2. The minimum Gasteiger partial charge on any atom is -0.445 e. The number of likely N-dealkylation sites (N-methyl/N-ethyl adjacent to an activating group) is 1. The molecule has 2 N–H and O–H groups in total. The summed E-state index contributed by atoms with van der Waals surface area (Å²) >= 11 is 0. The normalized spacial score (nSPS) is 21.8. The summed E-state index contributed by atoms with van der Waals surface area (Å²) in [6.07, 6.45) is 0.0891. The number of nitrogens with one attached hydrogen (secondary N) is 1. The van der Waals surface area contributed by atoms with Crippen LogP contribution in [-0.2, 0) is 20.8 Å². The summed E-state index contributed by atoms with van der Waals surface area (Å²) in [6.45, 7) is 8.77. The van der Waals surface area contributed by atoms with Crippen molar-refractivity contribution in [1.29, 1.82) is 0 Å². The molecule has 1 fully saturated rings. The van der Waals surface area contributed by atoms with Gasteiger partial charge in [0.05, 0.1) is 18.8 Å². The average Bonchev–Trinajstić information content (AvgIpc) is 2.97. The first-order valence-corrected chi connectivity index (χ1v) is 13.3. The highest BCUT2D eigenvalue weighted by Crippen LogP contribution is 2.42. The van der Waals surface area contributed by atoms with Crippen LogP contribution in [0, 0.1) is 5.92 Å². The molecule has 7 heteroatoms. The maximum absolute atomic E-state index is 11.9. The number of aliphatic hydroxyl groups is 1. The maximum atomic E-state index is 11.9. The Kier molecular flexibility index (Phi) is 9.90. The van der Waals surface area contributed by atoms with E-state index in [0.717, 1.165) is 23.2 Å². The highest BCUT2D eigenvalue weighted by molar-refractivity contribution is 5.84. The smallest absolute Gasteiger partial charge is 0.411 e. The van der Waals surface area contributed by atoms with Crippen LogP contribution in [0.4, 0.5) is 10.5 Å². The van der Waals surface area contributed by atoms with Crippen LogP contribution in [0.5, 0.6) is 0 Å². The van der Waals surface area contributed by atoms with Crippen LogP contribution in [0.2, 0.25) is 0 Å². The van der Waals surface area contributed by atoms with Gasteiger partial charge in [0.25, 0.3) is 0 Å². The second kappa shape index (κ2) is 13.5. The molecule has 0 spiro atoms. The molecule has 7 nitrogen and oxygen atoms in total. The number of amides is 1. The Labute approximate surface area is 231 Å². The molecule has 0 aromatic heterocycles. The number of aliphatic hydroxyl groups excluding tert-OH is 1. The molecule has 3 aromatic rings. The van der Waals surface area contributed by atoms with Gasteiger partial charge in [0.1, 0.15) is 6.61 Å². The summed E-state index contributed by atoms with van der Waals surface area (Å²) < 4.78 is 18.1. The summed E-state index contributed by atoms with van der Waals surface area (Å²) in [7, 11) is 2.12. The third-order valence-electron chi connectivity index (χ3n) is 7.30. The van der Waals surface area contributed by atoms with Crippen molar-refractivity contribution in [3.63, 3.8) is 0 Å². The minimum absolute atomic E-state index is 0.000591. The Morgan fingerprint density at radius 2 is 1.72 bits per heavy atom. The lowest BCUT2D eigenvalue weighted by Crippen LogP contribution is -2.44. The van der Waals surface area contributed by atoms with Gasteiger partial charge < -0.3 is 19.3 Å². The van der Waals surface area contributed by atoms with Gasteiger partial charge in [0, 0.05) is 29.8 Å². The fraction of sp³-hybridized carbons (Fsp3) is 0.344. The summed E-state index contributed by atoms with van der Waals surface area (Å²) in [5.74, 6) is 0.0761. The number of nitrogens with zero attached hydrogens (tertiary/aromatic N) is 1. The molecule has 1 aliphatic rings. The molecule has 0 unspecified atom stereocenters. The second-order valence-electron chi connectivity index (χ2n) is 9.98. The van der Waals surface area contributed by atoms with E-state index < -0.39 is 12.4 Å². The van der Waals surface area contributed by atoms with Crippen LogP contribution >= 0.6 is 0 Å². The van der Waals surface area contributed by atoms with Gasteiger partial charge in [-0.1, -0.05) is 86.3 Å². The summed E-state index contributed by atoms with van der Waals surface area (Å²) in [4.78, 5) is 14.2. The SMILES string of the molecule is C=CCOC(=O)Nc1ccc([C@@H]2O[C@H](CN(C)[C@@H](C)c3ccccc3)[C@H](C)[C@H](c3ccc(CO)cc3)O2)cc1. The van der Waals surface area contributed by atoms with Crippen LogP contribution < -0.4 is 5.32 Å². The third-order valence-corrected chi connectivity index (χ3v) is 7.30. The number of carbonyl (C=O) groups is 1. The van der Waals surface area contributed by atoms with Crippen molar-refractivity contribution in [3.8, 4) is 0 Å². The van der Waals surface area contributed by atoms with E-state index in [9.17, 15) is 9.90 Å². The molecule has 1 saturated heterocycles. The molecule has 206 valence electrons. The fourth-order valence-electron chi connectivity index (χ4n) is 4.77. The van der Waals surface area contributed by atoms with Gasteiger partial charge in [0.15, 0.2) is 6.29 Å². The standard InChI is InChI=1S/C32H38N2O5/c1-5-19-37-32(36)33-28-17-15-27(16-18-28)31-38-29(20-34(4)23(3)25-9-7-6-8-10-25)22(2)30(39-31)26-13-11-24(21-35)12-14-26/h5-18,22-23,29-31,35H,1,19-21H2,2-4H3,(H,33,36)/t22-,23-,29+,30+,31+/m0/s1. The number of ether oxygens (including phenoxy) is 3. The van der Waals surface area contributed by atoms with Crippen molar-refractivity contribution < 1.29 is 24.1 Å². The molecule has 5 atom stereocenters. The molecule has 4 rings (SSSR count). The molecule has 0 saturated carbocycles. The number of hydrogen-bond acceptors (Lipinski definition) is 6. The number of anilines is 1. The molecule has 3 aromatic carbocycles. The third kappa shape index (κ3) is 7.34. The molecular weight excluding hydrogens is 492 g/mol. The van der Waals surface area contributed by atoms with Crippen molar-refractivity contribution >= 4 is 11.8 Å². The van der Waals surface area contributed by atoms with Crippen molar-refractivity contribution in [1.82, 2.24) is 4.90 Å². The zero-order valence-corrected chi connectivity index (χ0v) is 22.8. The lowest BCUT2D eigenvalue weighted by atomic mass is 9.89. The number of rotatable bonds is 10. The molecule has 0 bridgehead atoms. The van der Waals surface area contributed by atoms with Crippen molar-refractivity contribution in [2.75, 3.05) is 25.5 Å². The summed E-state index contributed by atoms with van der Waals surface area (Å²) in [6, 6.07) is 26.0. The predicted molar refractivity (Wildman–Crippen MR) is 152 cm³/mol. The molecular formula is C32H38N2O5. The van der Waals surface area contributed by atoms with E-state index in [0.29, 0.717) is 5.69 Å². The Bertz CT molecular complexity index is 1200. The van der Waals surface area contributed by atoms with E-state index in [1.165, 1.54) is 11.6 Å². The highest BCUT2D eigenvalue weighted by Gasteiger charge is 2.39. The average molecular weight is 531 g/mol. The lowest BCUT2D eigenvalue weighted by Gasteiger charge is -2.43. The van der Waals surface area contributed by atoms with Crippen LogP contribution in [-0.4, -0.2) is 42.4 Å². The van der Waals surface area contributed by atoms with Gasteiger partial charge in [-0.15, -0.1) is 0 Å². The molecule has 1 heterocycles. The Balaban J connectivity index is 1.54. The van der Waals surface area contributed by atoms with E-state index in [4.69, 9.17) is 14.2 Å². The van der Waals surface area contributed by atoms with E-state index in [1.807, 2.05) is 42.5 Å². The molecule has 1 aliphatic heterocycles. The quantitative estimate of drug-likeness (QED) is 0.295. The van der Waals surface area contributed by atoms with Crippen molar-refractivity contribution in [2.45, 2.75) is 45.0 Å². The van der Waals surface area contributed by atoms with Gasteiger partial charge in [-0.05, 0) is 42.8 Å². The van der Waals surface area contributed by atoms with Gasteiger partial charge in [-0.25, -0.2) is 4.79 Å². The highest BCUT2D eigenvalue weighted by atomic mass is 16.7. The van der Waals surface area contributed by atoms with E-state index in [1.54, 1.807) is 12.1 Å². The lowest BCUT2D eigenvalue weighted by molar-refractivity contribution is -0.276. The first-order valence-electron chi connectivity index (χ1n) is 13.3. The van der Waals surface area contributed by atoms with Crippen LogP contribution in [0.3, 0.4) is 0 Å². The topological polar surface area (TPSA) is 80.3 Å². The van der Waals surface area contributed by atoms with E-state index in [-0.39, 0.29) is 37.4 Å². The van der Waals surface area contributed by atoms with Crippen LogP contribution in [0.1, 0.15) is 54.5 Å². The number of benzene rings is 3. The first kappa shape index (κ1) is 28.5. The summed E-state index contributed by atoms with van der Waals surface area (Å²) in [5.41, 5.74) is 4.62. The fourth-order valence-corrected chi connectivity index (χ4v) is 4.77. The molecule has 0 radical (unpaired) electrons. The zero-order valence-electron chi connectivity index (χ0n) is 22.8. The second-order valence-corrected chi connectivity index (χ2v) is 9.98. The van der Waals surface area contributed by atoms with Crippen molar-refractivity contribution in [2.24, 2.45) is 5.92 Å². The molecule has 39 heavy (non-hydrogen) atoms. The van der Waals surface area contributed by atoms with Gasteiger partial charge >= 0.3 is 6.09 Å². The molecule has 0 aliphatic carbocycles. The van der Waals surface area contributed by atoms with Crippen LogP contribution in [0.25, 0.3) is 0 Å². The zero-order chi connectivity index (χ0) is 27.8. The van der Waals surface area contributed by atoms with Crippen LogP contribution in [0.15, 0.2) is 91.5 Å². The van der Waals surface area contributed by atoms with Crippen molar-refractivity contribution in [3.05, 3.63) is 114 Å². The largest absolute Gasteiger partial charge is 0.445 e. The first-order chi connectivity index (χ1) is 18.9. The van der Waals surface area contributed by atoms with Gasteiger partial charge in [-0.2, -0.15) is 0 Å². The Morgan fingerprint density at radius 1 is 1.05 bits per heavy atom. The predicted octanol–water partition coefficient (Wildman–Crippen LogP) is 6.40. The maximum Gasteiger partial charge on any atom is 0.411 e. The minimum atomic E-state index is -0.587. The number of carbonyl (C=O) groups excluding carboxylic acids is 1. The van der Waals surface area contributed by atoms with E-state index in [2.05, 4.69) is 62.0 Å². The van der Waals surface area contributed by atoms with Gasteiger partial charge in [-0.3, -0.25) is 10.2 Å². The Hall–Kier alpha value is -3.49. The number of hydrogen-bond donors (Lipinski definition) is 2. The van der Waals surface area contributed by atoms with E-state index >= 15 is 0 Å².